The molecule has 4 aromatic carbocycles. The number of rotatable bonds is 10. The van der Waals surface area contributed by atoms with Crippen molar-refractivity contribution in [2.75, 3.05) is 40.4 Å². The summed E-state index contributed by atoms with van der Waals surface area (Å²) < 4.78 is 197. The number of halogens is 14. The molecule has 2 saturated heterocycles. The summed E-state index contributed by atoms with van der Waals surface area (Å²) in [6.45, 7) is 6.05. The number of nitrogens with one attached hydrogen (secondary N) is 2. The second-order valence-electron chi connectivity index (χ2n) is 18.7. The maximum absolute atomic E-state index is 13.8. The fourth-order valence-electron chi connectivity index (χ4n) is 9.29. The van der Waals surface area contributed by atoms with Crippen LogP contribution in [0.15, 0.2) is 72.8 Å². The quantitative estimate of drug-likeness (QED) is 0.152. The molecule has 0 saturated carbocycles. The Bertz CT molecular complexity index is 2520. The number of likely N-dealkylation sites (tertiary alicyclic amines) is 2. The van der Waals surface area contributed by atoms with Gasteiger partial charge >= 0.3 is 49.0 Å². The van der Waals surface area contributed by atoms with Crippen molar-refractivity contribution in [3.8, 4) is 0 Å². The lowest BCUT2D eigenvalue weighted by molar-refractivity contribution is -0.144. The first-order chi connectivity index (χ1) is 36.2. The van der Waals surface area contributed by atoms with Gasteiger partial charge in [0.25, 0.3) is 0 Å². The van der Waals surface area contributed by atoms with Crippen LogP contribution < -0.4 is 10.6 Å². The largest absolute Gasteiger partial charge is 0.450 e. The third-order valence-corrected chi connectivity index (χ3v) is 12.9. The zero-order valence-corrected chi connectivity index (χ0v) is 42.8. The highest BCUT2D eigenvalue weighted by Crippen LogP contribution is 2.40. The molecule has 2 N–H and O–H groups in total. The second-order valence-corrected chi connectivity index (χ2v) is 18.7. The maximum atomic E-state index is 13.8. The van der Waals surface area contributed by atoms with E-state index in [4.69, 9.17) is 9.47 Å². The maximum Gasteiger partial charge on any atom is 0.416 e. The van der Waals surface area contributed by atoms with Crippen molar-refractivity contribution in [1.82, 2.24) is 30.2 Å². The normalized spacial score (nSPS) is 18.1. The Morgan fingerprint density at radius 3 is 1.10 bits per heavy atom. The number of urea groups is 2. The van der Waals surface area contributed by atoms with Crippen LogP contribution in [0, 0.1) is 25.5 Å². The molecule has 0 unspecified atom stereocenters. The van der Waals surface area contributed by atoms with E-state index in [2.05, 4.69) is 10.6 Å². The molecule has 0 spiro atoms. The van der Waals surface area contributed by atoms with E-state index in [0.29, 0.717) is 59.4 Å². The van der Waals surface area contributed by atoms with Gasteiger partial charge in [0.15, 0.2) is 0 Å². The van der Waals surface area contributed by atoms with Gasteiger partial charge in [-0.3, -0.25) is 0 Å². The Morgan fingerprint density at radius 2 is 0.833 bits per heavy atom. The summed E-state index contributed by atoms with van der Waals surface area (Å²) >= 11 is 0. The van der Waals surface area contributed by atoms with Crippen LogP contribution in [0.1, 0.15) is 107 Å². The van der Waals surface area contributed by atoms with Crippen LogP contribution in [-0.4, -0.2) is 96.3 Å². The predicted octanol–water partition coefficient (Wildman–Crippen LogP) is 13.4. The first-order valence-corrected chi connectivity index (χ1v) is 24.2. The van der Waals surface area contributed by atoms with Crippen molar-refractivity contribution in [3.05, 3.63) is 140 Å². The Kier molecular flexibility index (Phi) is 20.0. The minimum atomic E-state index is -5.02. The number of hydrogen-bond acceptors (Lipinski definition) is 6. The van der Waals surface area contributed by atoms with Gasteiger partial charge in [0, 0.05) is 52.4 Å². The van der Waals surface area contributed by atoms with Crippen LogP contribution in [0.3, 0.4) is 0 Å². The van der Waals surface area contributed by atoms with Gasteiger partial charge in [0.2, 0.25) is 0 Å². The number of benzene rings is 4. The summed E-state index contributed by atoms with van der Waals surface area (Å²) in [6, 6.07) is 6.98. The van der Waals surface area contributed by atoms with Crippen LogP contribution in [0.2, 0.25) is 0 Å². The third kappa shape index (κ3) is 16.5. The number of ether oxygens (including phenoxy) is 2. The lowest BCUT2D eigenvalue weighted by Gasteiger charge is -2.42. The van der Waals surface area contributed by atoms with E-state index in [-0.39, 0.29) is 62.4 Å². The molecule has 0 aromatic heterocycles. The van der Waals surface area contributed by atoms with Gasteiger partial charge in [-0.1, -0.05) is 12.1 Å². The van der Waals surface area contributed by atoms with Crippen molar-refractivity contribution < 1.29 is 90.1 Å². The molecule has 0 radical (unpaired) electrons. The highest BCUT2D eigenvalue weighted by molar-refractivity contribution is 5.76. The van der Waals surface area contributed by atoms with E-state index in [1.165, 1.54) is 60.3 Å². The standard InChI is InChI=1S/2C26H28F7N3O3/c2*1-4-39-23(37)34-20-7-8-36(22(13-20)21-6-5-19(27)9-15(21)2)24(38)35(3)14-16-10-17(25(28,29)30)12-18(11-16)26(31,32)33/h2*5-6,9-12,20,22H,4,7-8,13-14H2,1-3H3,(H,34,37)/t2*20-,22+/m10/s1. The van der Waals surface area contributed by atoms with Crippen molar-refractivity contribution in [2.24, 2.45) is 0 Å². The molecule has 4 aromatic rings. The number of piperidine rings is 2. The molecule has 6 amide bonds. The molecule has 0 bridgehead atoms. The van der Waals surface area contributed by atoms with Gasteiger partial charge in [0.1, 0.15) is 11.6 Å². The molecule has 2 heterocycles. The number of alkyl carbamates (subject to hydrolysis) is 2. The first-order valence-electron chi connectivity index (χ1n) is 24.2. The van der Waals surface area contributed by atoms with E-state index in [1.807, 2.05) is 0 Å². The highest BCUT2D eigenvalue weighted by atomic mass is 19.4. The first kappa shape index (κ1) is 61.8. The topological polar surface area (TPSA) is 124 Å². The zero-order chi connectivity index (χ0) is 58.2. The van der Waals surface area contributed by atoms with Crippen molar-refractivity contribution in [1.29, 1.82) is 0 Å². The lowest BCUT2D eigenvalue weighted by atomic mass is 9.89. The zero-order valence-electron chi connectivity index (χ0n) is 42.8. The van der Waals surface area contributed by atoms with Crippen molar-refractivity contribution in [2.45, 2.75) is 115 Å². The van der Waals surface area contributed by atoms with Gasteiger partial charge in [-0.05, 0) is 147 Å². The van der Waals surface area contributed by atoms with Crippen molar-refractivity contribution in [3.63, 3.8) is 0 Å². The number of amides is 6. The number of nitrogens with zero attached hydrogens (tertiary/aromatic N) is 4. The van der Waals surface area contributed by atoms with E-state index in [0.717, 1.165) is 9.80 Å². The smallest absolute Gasteiger partial charge is 0.416 e. The van der Waals surface area contributed by atoms with Gasteiger partial charge in [-0.2, -0.15) is 52.7 Å². The SMILES string of the molecule is CCOC(=O)N[C@@H]1CCN(C(=O)N(C)Cc2cc(C(F)(F)F)cc(C(F)(F)F)c2)[C@H](c2ccc(F)cc2C)C1.CCOC(=O)N[C@H]1CCN(C(=O)N(C)Cc2cc(C(F)(F)F)cc(C(F)(F)F)c2)[C@@H](c2ccc(F)cc2C)C1. The third-order valence-electron chi connectivity index (χ3n) is 12.9. The average Bonchev–Trinajstić information content (AvgIpc) is 3.33. The molecule has 2 fully saturated rings. The van der Waals surface area contributed by atoms with Crippen LogP contribution in [0.4, 0.5) is 80.6 Å². The number of carbonyl (C=O) groups is 4. The summed E-state index contributed by atoms with van der Waals surface area (Å²) in [5.74, 6) is -0.985. The highest BCUT2D eigenvalue weighted by Gasteiger charge is 2.41. The lowest BCUT2D eigenvalue weighted by Crippen LogP contribution is -2.51. The van der Waals surface area contributed by atoms with Crippen LogP contribution >= 0.6 is 0 Å². The van der Waals surface area contributed by atoms with E-state index >= 15 is 0 Å². The molecule has 4 atom stereocenters. The Morgan fingerprint density at radius 1 is 0.526 bits per heavy atom. The molecule has 2 aliphatic heterocycles. The fraction of sp³-hybridized carbons (Fsp3) is 0.462. The molecular formula is C52H56F14N6O6. The predicted molar refractivity (Wildman–Crippen MR) is 254 cm³/mol. The summed E-state index contributed by atoms with van der Waals surface area (Å²) in [6.07, 6.45) is -20.3. The Hall–Kier alpha value is -7.02. The average molecular weight is 1130 g/mol. The van der Waals surface area contributed by atoms with Gasteiger partial charge in [-0.15, -0.1) is 0 Å². The van der Waals surface area contributed by atoms with E-state index in [9.17, 15) is 80.6 Å². The molecule has 428 valence electrons. The summed E-state index contributed by atoms with van der Waals surface area (Å²) in [4.78, 5) is 55.8. The number of carbonyl (C=O) groups excluding carboxylic acids is 4. The van der Waals surface area contributed by atoms with Crippen LogP contribution in [0.5, 0.6) is 0 Å². The summed E-state index contributed by atoms with van der Waals surface area (Å²) in [7, 11) is 2.54. The Labute approximate surface area is 439 Å². The number of aryl methyl sites for hydroxylation is 2. The molecular weight excluding hydrogens is 1070 g/mol. The van der Waals surface area contributed by atoms with Crippen molar-refractivity contribution >= 4 is 24.2 Å². The molecule has 2 aliphatic rings. The molecule has 0 aliphatic carbocycles. The minimum absolute atomic E-state index is 0.0278. The number of hydrogen-bond donors (Lipinski definition) is 2. The Balaban J connectivity index is 0.000000287. The molecule has 6 rings (SSSR count). The van der Waals surface area contributed by atoms with Crippen LogP contribution in [0.25, 0.3) is 0 Å². The fourth-order valence-corrected chi connectivity index (χ4v) is 9.29. The van der Waals surface area contributed by atoms with Gasteiger partial charge in [0.05, 0.1) is 47.6 Å². The molecule has 12 nitrogen and oxygen atoms in total. The molecule has 26 heteroatoms. The second kappa shape index (κ2) is 25.2. The summed E-state index contributed by atoms with van der Waals surface area (Å²) in [5, 5.41) is 5.44. The van der Waals surface area contributed by atoms with Gasteiger partial charge in [-0.25, -0.2) is 28.0 Å². The van der Waals surface area contributed by atoms with Gasteiger partial charge < -0.3 is 39.7 Å². The van der Waals surface area contributed by atoms with Crippen LogP contribution in [-0.2, 0) is 47.3 Å². The molecule has 78 heavy (non-hydrogen) atoms. The van der Waals surface area contributed by atoms with E-state index < -0.39 is 120 Å². The number of alkyl halides is 12. The monoisotopic (exact) mass is 1130 g/mol. The minimum Gasteiger partial charge on any atom is -0.450 e. The van der Waals surface area contributed by atoms with E-state index in [1.54, 1.807) is 27.7 Å². The summed E-state index contributed by atoms with van der Waals surface area (Å²) in [5.41, 5.74) is -4.34.